The van der Waals surface area contributed by atoms with Crippen LogP contribution in [-0.2, 0) is 13.5 Å². The number of nitrogens with two attached hydrogens (primary N) is 1. The van der Waals surface area contributed by atoms with Gasteiger partial charge in [0.05, 0.1) is 23.8 Å². The summed E-state index contributed by atoms with van der Waals surface area (Å²) in [6.07, 6.45) is 1.73. The van der Waals surface area contributed by atoms with Crippen LogP contribution in [0.4, 0.5) is 5.95 Å². The number of carbonyl (C=O) groups excluding carboxylic acids is 1. The maximum atomic E-state index is 10.5. The van der Waals surface area contributed by atoms with Gasteiger partial charge in [0, 0.05) is 18.3 Å². The fourth-order valence-electron chi connectivity index (χ4n) is 2.34. The van der Waals surface area contributed by atoms with E-state index in [1.54, 1.807) is 29.9 Å². The lowest BCUT2D eigenvalue weighted by molar-refractivity contribution is 0.112. The fourth-order valence-corrected chi connectivity index (χ4v) is 2.34. The number of fused-ring (bicyclic) bond motifs is 1. The lowest BCUT2D eigenvalue weighted by atomic mass is 10.2. The van der Waals surface area contributed by atoms with Gasteiger partial charge in [0.1, 0.15) is 12.0 Å². The first-order chi connectivity index (χ1) is 11.5. The molecule has 0 fully saturated rings. The smallest absolute Gasteiger partial charge is 0.200 e. The van der Waals surface area contributed by atoms with Crippen molar-refractivity contribution < 1.29 is 9.53 Å². The van der Waals surface area contributed by atoms with Crippen molar-refractivity contribution in [2.24, 2.45) is 7.05 Å². The second-order valence-corrected chi connectivity index (χ2v) is 5.35. The molecule has 6 nitrogen and oxygen atoms in total. The molecular weight excluding hydrogens is 304 g/mol. The van der Waals surface area contributed by atoms with Gasteiger partial charge in [0.2, 0.25) is 5.95 Å². The summed E-state index contributed by atoms with van der Waals surface area (Å²) in [5.74, 6) is 1.34. The van der Waals surface area contributed by atoms with Crippen LogP contribution in [-0.4, -0.2) is 27.9 Å². The molecule has 6 heteroatoms. The van der Waals surface area contributed by atoms with Crippen molar-refractivity contribution in [2.75, 3.05) is 12.8 Å². The largest absolute Gasteiger partial charge is 0.495 e. The van der Waals surface area contributed by atoms with E-state index in [4.69, 9.17) is 10.5 Å². The predicted molar refractivity (Wildman–Crippen MR) is 95.4 cm³/mol. The van der Waals surface area contributed by atoms with Crippen molar-refractivity contribution in [2.45, 2.75) is 20.3 Å². The first-order valence-corrected chi connectivity index (χ1v) is 7.67. The molecule has 1 aromatic carbocycles. The van der Waals surface area contributed by atoms with E-state index in [-0.39, 0.29) is 0 Å². The van der Waals surface area contributed by atoms with E-state index in [0.29, 0.717) is 11.5 Å². The Morgan fingerprint density at radius 2 is 2.00 bits per heavy atom. The number of hydrogen-bond donors (Lipinski definition) is 1. The molecule has 0 saturated carbocycles. The second kappa shape index (κ2) is 7.59. The minimum absolute atomic E-state index is 0.457. The molecule has 3 rings (SSSR count). The standard InChI is InChI=1S/C9H9N3O.C9H13NO/c1-12-8-4-6(5-13)2-3-7(8)11-9(12)10;1-4-8-9(11-3)6-5-7(2)10-8/h2-5H,1H3,(H2,10,11);5-6H,4H2,1-3H3. The van der Waals surface area contributed by atoms with E-state index in [9.17, 15) is 4.79 Å². The third kappa shape index (κ3) is 3.71. The van der Waals surface area contributed by atoms with Gasteiger partial charge in [-0.3, -0.25) is 9.78 Å². The number of nitrogens with zero attached hydrogens (tertiary/aromatic N) is 3. The maximum absolute atomic E-state index is 10.5. The van der Waals surface area contributed by atoms with Crippen molar-refractivity contribution in [3.63, 3.8) is 0 Å². The van der Waals surface area contributed by atoms with Gasteiger partial charge in [-0.25, -0.2) is 4.98 Å². The monoisotopic (exact) mass is 326 g/mol. The highest BCUT2D eigenvalue weighted by Crippen LogP contribution is 2.17. The van der Waals surface area contributed by atoms with E-state index in [1.807, 2.05) is 26.1 Å². The molecule has 0 amide bonds. The molecule has 24 heavy (non-hydrogen) atoms. The zero-order valence-electron chi connectivity index (χ0n) is 14.4. The Bertz CT molecular complexity index is 856. The quantitative estimate of drug-likeness (QED) is 0.748. The van der Waals surface area contributed by atoms with Crippen LogP contribution >= 0.6 is 0 Å². The van der Waals surface area contributed by atoms with Gasteiger partial charge in [-0.2, -0.15) is 0 Å². The summed E-state index contributed by atoms with van der Waals surface area (Å²) in [4.78, 5) is 19.0. The third-order valence-corrected chi connectivity index (χ3v) is 3.70. The van der Waals surface area contributed by atoms with Crippen molar-refractivity contribution >= 4 is 23.3 Å². The predicted octanol–water partition coefficient (Wildman–Crippen LogP) is 2.93. The molecule has 0 aliphatic rings. The van der Waals surface area contributed by atoms with Crippen LogP contribution in [0.15, 0.2) is 30.3 Å². The van der Waals surface area contributed by atoms with Crippen LogP contribution < -0.4 is 10.5 Å². The Hall–Kier alpha value is -2.89. The zero-order valence-corrected chi connectivity index (χ0v) is 14.4. The van der Waals surface area contributed by atoms with Gasteiger partial charge < -0.3 is 15.0 Å². The number of rotatable bonds is 3. The first kappa shape index (κ1) is 17.5. The van der Waals surface area contributed by atoms with E-state index in [2.05, 4.69) is 16.9 Å². The molecule has 0 spiro atoms. The number of aromatic nitrogens is 3. The number of carbonyl (C=O) groups is 1. The number of hydrogen-bond acceptors (Lipinski definition) is 5. The molecule has 0 atom stereocenters. The van der Waals surface area contributed by atoms with E-state index >= 15 is 0 Å². The lowest BCUT2D eigenvalue weighted by Crippen LogP contribution is -1.96. The molecule has 0 unspecified atom stereocenters. The highest BCUT2D eigenvalue weighted by atomic mass is 16.5. The van der Waals surface area contributed by atoms with E-state index < -0.39 is 0 Å². The van der Waals surface area contributed by atoms with Gasteiger partial charge in [-0.05, 0) is 43.7 Å². The molecule has 0 bridgehead atoms. The summed E-state index contributed by atoms with van der Waals surface area (Å²) >= 11 is 0. The first-order valence-electron chi connectivity index (χ1n) is 7.67. The second-order valence-electron chi connectivity index (χ2n) is 5.35. The van der Waals surface area contributed by atoms with Crippen LogP contribution in [0.2, 0.25) is 0 Å². The summed E-state index contributed by atoms with van der Waals surface area (Å²) in [7, 11) is 3.49. The zero-order chi connectivity index (χ0) is 17.7. The van der Waals surface area contributed by atoms with Gasteiger partial charge in [0.15, 0.2) is 0 Å². The van der Waals surface area contributed by atoms with Crippen molar-refractivity contribution in [3.8, 4) is 5.75 Å². The molecule has 0 aliphatic heterocycles. The molecule has 2 aromatic heterocycles. The number of anilines is 1. The Morgan fingerprint density at radius 1 is 1.25 bits per heavy atom. The Labute approximate surface area is 141 Å². The summed E-state index contributed by atoms with van der Waals surface area (Å²) in [6, 6.07) is 9.20. The minimum Gasteiger partial charge on any atom is -0.495 e. The highest BCUT2D eigenvalue weighted by molar-refractivity contribution is 5.86. The third-order valence-electron chi connectivity index (χ3n) is 3.70. The SMILES string of the molecule is CCc1nc(C)ccc1OC.Cn1c(N)nc2ccc(C=O)cc21. The Balaban J connectivity index is 0.000000177. The highest BCUT2D eigenvalue weighted by Gasteiger charge is 2.04. The van der Waals surface area contributed by atoms with Crippen LogP contribution in [0.1, 0.15) is 28.7 Å². The molecule has 2 N–H and O–H groups in total. The molecule has 0 aliphatic carbocycles. The Kier molecular flexibility index (Phi) is 5.52. The number of methoxy groups -OCH3 is 1. The van der Waals surface area contributed by atoms with Crippen LogP contribution in [0, 0.1) is 6.92 Å². The molecule has 0 radical (unpaired) electrons. The Morgan fingerprint density at radius 3 is 2.62 bits per heavy atom. The topological polar surface area (TPSA) is 83.0 Å². The summed E-state index contributed by atoms with van der Waals surface area (Å²) < 4.78 is 6.88. The molecular formula is C18H22N4O2. The number of aryl methyl sites for hydroxylation is 3. The van der Waals surface area contributed by atoms with Gasteiger partial charge in [0.25, 0.3) is 0 Å². The van der Waals surface area contributed by atoms with Crippen molar-refractivity contribution in [3.05, 3.63) is 47.3 Å². The fraction of sp³-hybridized carbons (Fsp3) is 0.278. The van der Waals surface area contributed by atoms with Crippen LogP contribution in [0.3, 0.4) is 0 Å². The summed E-state index contributed by atoms with van der Waals surface area (Å²) in [5.41, 5.74) is 10.0. The minimum atomic E-state index is 0.457. The van der Waals surface area contributed by atoms with E-state index in [1.165, 1.54) is 0 Å². The van der Waals surface area contributed by atoms with Crippen molar-refractivity contribution in [1.82, 2.24) is 14.5 Å². The summed E-state index contributed by atoms with van der Waals surface area (Å²) in [6.45, 7) is 4.06. The number of nitrogen functional groups attached to an aromatic ring is 1. The normalized spacial score (nSPS) is 10.2. The number of benzene rings is 1. The van der Waals surface area contributed by atoms with Gasteiger partial charge >= 0.3 is 0 Å². The molecule has 126 valence electrons. The average Bonchev–Trinajstić information content (AvgIpc) is 2.89. The van der Waals surface area contributed by atoms with E-state index in [0.717, 1.165) is 40.9 Å². The number of ether oxygens (including phenoxy) is 1. The number of pyridine rings is 1. The maximum Gasteiger partial charge on any atom is 0.200 e. The summed E-state index contributed by atoms with van der Waals surface area (Å²) in [5, 5.41) is 0. The van der Waals surface area contributed by atoms with Gasteiger partial charge in [-0.15, -0.1) is 0 Å². The molecule has 0 saturated heterocycles. The van der Waals surface area contributed by atoms with Gasteiger partial charge in [-0.1, -0.05) is 6.92 Å². The number of imidazole rings is 1. The molecule has 2 heterocycles. The lowest BCUT2D eigenvalue weighted by Gasteiger charge is -2.05. The average molecular weight is 326 g/mol. The number of aldehydes is 1. The van der Waals surface area contributed by atoms with Crippen LogP contribution in [0.5, 0.6) is 5.75 Å². The van der Waals surface area contributed by atoms with Crippen LogP contribution in [0.25, 0.3) is 11.0 Å². The van der Waals surface area contributed by atoms with Crippen molar-refractivity contribution in [1.29, 1.82) is 0 Å². The molecule has 3 aromatic rings.